The van der Waals surface area contributed by atoms with Crippen LogP contribution in [0.3, 0.4) is 0 Å². The molecule has 0 aromatic carbocycles. The van der Waals surface area contributed by atoms with Crippen molar-refractivity contribution in [3.8, 4) is 0 Å². The summed E-state index contributed by atoms with van der Waals surface area (Å²) in [6.45, 7) is 1.96. The number of methoxy groups -OCH3 is 1. The number of aromatic nitrogens is 3. The van der Waals surface area contributed by atoms with Crippen molar-refractivity contribution in [2.24, 2.45) is 0 Å². The summed E-state index contributed by atoms with van der Waals surface area (Å²) in [6, 6.07) is 0.308. The molecule has 21 heavy (non-hydrogen) atoms. The maximum atomic E-state index is 12.5. The van der Waals surface area contributed by atoms with Crippen molar-refractivity contribution in [3.63, 3.8) is 0 Å². The number of carbonyl (C=O) groups excluding carboxylic acids is 1. The molecule has 1 amide bonds. The Bertz CT molecular complexity index is 596. The number of carbonyl (C=O) groups is 1. The van der Waals surface area contributed by atoms with Gasteiger partial charge < -0.3 is 14.2 Å². The fraction of sp³-hybridized carbons (Fsp3) is 0.500. The molecule has 0 N–H and O–H groups in total. The smallest absolute Gasteiger partial charge is 0.273 e. The molecule has 112 valence electrons. The minimum absolute atomic E-state index is 0.0124. The highest BCUT2D eigenvalue weighted by Gasteiger charge is 2.26. The van der Waals surface area contributed by atoms with Crippen LogP contribution >= 0.6 is 11.3 Å². The average molecular weight is 306 g/mol. The van der Waals surface area contributed by atoms with Gasteiger partial charge in [-0.05, 0) is 12.8 Å². The highest BCUT2D eigenvalue weighted by Crippen LogP contribution is 2.23. The number of hydrogen-bond donors (Lipinski definition) is 0. The second kappa shape index (κ2) is 6.36. The van der Waals surface area contributed by atoms with Crippen molar-refractivity contribution in [2.45, 2.75) is 25.5 Å². The molecule has 0 aliphatic carbocycles. The topological polar surface area (TPSA) is 60.2 Å². The fourth-order valence-corrected chi connectivity index (χ4v) is 3.37. The minimum Gasteiger partial charge on any atom is -0.378 e. The molecule has 1 aliphatic heterocycles. The Morgan fingerprint density at radius 3 is 3.24 bits per heavy atom. The lowest BCUT2D eigenvalue weighted by Gasteiger charge is -2.32. The van der Waals surface area contributed by atoms with E-state index in [4.69, 9.17) is 4.74 Å². The second-order valence-electron chi connectivity index (χ2n) is 5.12. The van der Waals surface area contributed by atoms with Gasteiger partial charge >= 0.3 is 0 Å². The zero-order chi connectivity index (χ0) is 14.7. The van der Waals surface area contributed by atoms with E-state index in [1.165, 1.54) is 11.3 Å². The summed E-state index contributed by atoms with van der Waals surface area (Å²) in [5.41, 5.74) is 0.526. The lowest BCUT2D eigenvalue weighted by molar-refractivity contribution is 0.0673. The largest absolute Gasteiger partial charge is 0.378 e. The third kappa shape index (κ3) is 3.14. The minimum atomic E-state index is 0.0124. The highest BCUT2D eigenvalue weighted by molar-refractivity contribution is 7.09. The third-order valence-corrected chi connectivity index (χ3v) is 4.49. The number of thiazole rings is 1. The van der Waals surface area contributed by atoms with Gasteiger partial charge in [-0.3, -0.25) is 4.79 Å². The molecule has 0 saturated carbocycles. The Balaban J connectivity index is 1.68. The number of ether oxygens (including phenoxy) is 1. The first-order valence-corrected chi connectivity index (χ1v) is 7.86. The molecular formula is C14H18N4O2S. The van der Waals surface area contributed by atoms with E-state index in [9.17, 15) is 4.79 Å². The maximum Gasteiger partial charge on any atom is 0.273 e. The van der Waals surface area contributed by atoms with Crippen molar-refractivity contribution in [2.75, 3.05) is 20.2 Å². The van der Waals surface area contributed by atoms with Gasteiger partial charge in [-0.1, -0.05) is 0 Å². The van der Waals surface area contributed by atoms with Crippen LogP contribution in [0.2, 0.25) is 0 Å². The van der Waals surface area contributed by atoms with E-state index in [1.54, 1.807) is 13.3 Å². The van der Waals surface area contributed by atoms with Crippen LogP contribution in [-0.2, 0) is 11.3 Å². The molecule has 0 radical (unpaired) electrons. The molecular weight excluding hydrogens is 288 g/mol. The van der Waals surface area contributed by atoms with Gasteiger partial charge in [0.25, 0.3) is 5.91 Å². The summed E-state index contributed by atoms with van der Waals surface area (Å²) in [7, 11) is 1.63. The molecule has 1 saturated heterocycles. The zero-order valence-electron chi connectivity index (χ0n) is 11.9. The first kappa shape index (κ1) is 14.2. The molecule has 0 unspecified atom stereocenters. The Morgan fingerprint density at radius 1 is 1.57 bits per heavy atom. The van der Waals surface area contributed by atoms with E-state index >= 15 is 0 Å². The number of likely N-dealkylation sites (tertiary alicyclic amines) is 1. The van der Waals surface area contributed by atoms with Crippen molar-refractivity contribution in [1.82, 2.24) is 19.4 Å². The van der Waals surface area contributed by atoms with Gasteiger partial charge in [-0.15, -0.1) is 11.3 Å². The van der Waals surface area contributed by atoms with E-state index in [0.29, 0.717) is 24.9 Å². The lowest BCUT2D eigenvalue weighted by Crippen LogP contribution is -2.40. The molecule has 3 rings (SSSR count). The lowest BCUT2D eigenvalue weighted by atomic mass is 10.1. The molecule has 1 atom stereocenters. The van der Waals surface area contributed by atoms with Crippen LogP contribution in [0.1, 0.15) is 34.4 Å². The summed E-state index contributed by atoms with van der Waals surface area (Å²) in [5, 5.41) is 2.65. The first-order chi connectivity index (χ1) is 10.3. The number of hydrogen-bond acceptors (Lipinski definition) is 5. The van der Waals surface area contributed by atoms with Gasteiger partial charge in [-0.25, -0.2) is 9.97 Å². The van der Waals surface area contributed by atoms with Gasteiger partial charge in [0.15, 0.2) is 0 Å². The van der Waals surface area contributed by atoms with Gasteiger partial charge in [-0.2, -0.15) is 0 Å². The highest BCUT2D eigenvalue weighted by atomic mass is 32.1. The Kier molecular flexibility index (Phi) is 4.31. The molecule has 3 heterocycles. The Labute approximate surface area is 127 Å². The van der Waals surface area contributed by atoms with Crippen molar-refractivity contribution < 1.29 is 9.53 Å². The van der Waals surface area contributed by atoms with Gasteiger partial charge in [0.05, 0.1) is 19.0 Å². The quantitative estimate of drug-likeness (QED) is 0.866. The number of piperidine rings is 1. The van der Waals surface area contributed by atoms with Crippen LogP contribution in [-0.4, -0.2) is 45.5 Å². The summed E-state index contributed by atoms with van der Waals surface area (Å²) < 4.78 is 7.13. The predicted octanol–water partition coefficient (Wildman–Crippen LogP) is 1.96. The standard InChI is InChI=1S/C14H18N4O2S/c1-20-8-13-16-12(9-21-13)14(19)17-5-2-3-11(7-17)18-6-4-15-10-18/h4,6,9-11H,2-3,5,7-8H2,1H3/t11-/m0/s1. The number of nitrogens with zero attached hydrogens (tertiary/aromatic N) is 4. The van der Waals surface area contributed by atoms with Gasteiger partial charge in [0, 0.05) is 38.0 Å². The van der Waals surface area contributed by atoms with Crippen LogP contribution < -0.4 is 0 Å². The van der Waals surface area contributed by atoms with Crippen molar-refractivity contribution in [1.29, 1.82) is 0 Å². The number of imidazole rings is 1. The summed E-state index contributed by atoms with van der Waals surface area (Å²) in [6.07, 6.45) is 7.63. The average Bonchev–Trinajstić information content (AvgIpc) is 3.18. The number of amides is 1. The fourth-order valence-electron chi connectivity index (χ4n) is 2.63. The first-order valence-electron chi connectivity index (χ1n) is 6.98. The molecule has 2 aromatic rings. The van der Waals surface area contributed by atoms with Crippen LogP contribution in [0.5, 0.6) is 0 Å². The predicted molar refractivity (Wildman–Crippen MR) is 79.2 cm³/mol. The van der Waals surface area contributed by atoms with E-state index in [1.807, 2.05) is 22.8 Å². The molecule has 2 aromatic heterocycles. The summed E-state index contributed by atoms with van der Waals surface area (Å²) in [4.78, 5) is 22.9. The van der Waals surface area contributed by atoms with Crippen LogP contribution in [0.4, 0.5) is 0 Å². The Morgan fingerprint density at radius 2 is 2.48 bits per heavy atom. The second-order valence-corrected chi connectivity index (χ2v) is 6.06. The summed E-state index contributed by atoms with van der Waals surface area (Å²) >= 11 is 1.47. The number of rotatable bonds is 4. The zero-order valence-corrected chi connectivity index (χ0v) is 12.8. The van der Waals surface area contributed by atoms with Crippen LogP contribution in [0, 0.1) is 0 Å². The molecule has 0 bridgehead atoms. The van der Waals surface area contributed by atoms with Crippen molar-refractivity contribution in [3.05, 3.63) is 34.8 Å². The van der Waals surface area contributed by atoms with Crippen LogP contribution in [0.25, 0.3) is 0 Å². The monoisotopic (exact) mass is 306 g/mol. The Hall–Kier alpha value is -1.73. The SMILES string of the molecule is COCc1nc(C(=O)N2CCC[C@H](n3ccnc3)C2)cs1. The van der Waals surface area contributed by atoms with E-state index < -0.39 is 0 Å². The molecule has 6 nitrogen and oxygen atoms in total. The molecule has 0 spiro atoms. The van der Waals surface area contributed by atoms with Crippen LogP contribution in [0.15, 0.2) is 24.1 Å². The van der Waals surface area contributed by atoms with Gasteiger partial charge in [0.1, 0.15) is 10.7 Å². The molecule has 7 heteroatoms. The normalized spacial score (nSPS) is 18.9. The molecule has 1 aliphatic rings. The molecule has 1 fully saturated rings. The summed E-state index contributed by atoms with van der Waals surface area (Å²) in [5.74, 6) is 0.0124. The maximum absolute atomic E-state index is 12.5. The van der Waals surface area contributed by atoms with E-state index in [-0.39, 0.29) is 5.91 Å². The third-order valence-electron chi connectivity index (χ3n) is 3.67. The van der Waals surface area contributed by atoms with Gasteiger partial charge in [0.2, 0.25) is 0 Å². The van der Waals surface area contributed by atoms with E-state index in [2.05, 4.69) is 14.5 Å². The van der Waals surface area contributed by atoms with E-state index in [0.717, 1.165) is 24.4 Å². The van der Waals surface area contributed by atoms with Crippen molar-refractivity contribution >= 4 is 17.2 Å².